The number of esters is 1. The molecule has 0 aliphatic carbocycles. The van der Waals surface area contributed by atoms with Crippen molar-refractivity contribution in [1.82, 2.24) is 0 Å². The molecule has 0 radical (unpaired) electrons. The van der Waals surface area contributed by atoms with Crippen LogP contribution >= 0.6 is 0 Å². The van der Waals surface area contributed by atoms with Gasteiger partial charge in [-0.25, -0.2) is 13.2 Å². The highest BCUT2D eigenvalue weighted by molar-refractivity contribution is 7.96. The molecule has 0 fully saturated rings. The van der Waals surface area contributed by atoms with Crippen LogP contribution in [-0.2, 0) is 19.4 Å². The Balaban J connectivity index is 2.54. The van der Waals surface area contributed by atoms with Gasteiger partial charge in [-0.2, -0.15) is 0 Å². The van der Waals surface area contributed by atoms with Gasteiger partial charge in [0.2, 0.25) is 9.84 Å². The van der Waals surface area contributed by atoms with E-state index in [-0.39, 0.29) is 10.6 Å². The molecule has 1 aromatic rings. The van der Waals surface area contributed by atoms with E-state index in [0.717, 1.165) is 13.2 Å². The summed E-state index contributed by atoms with van der Waals surface area (Å²) in [5, 5.41) is 18.9. The van der Waals surface area contributed by atoms with Crippen LogP contribution in [0.1, 0.15) is 5.56 Å². The number of aliphatic hydroxyl groups excluding tert-OH is 1. The number of phenolic OH excluding ortho intramolecular Hbond substituents is 1. The number of hydrogen-bond acceptors (Lipinski definition) is 6. The first-order valence-corrected chi connectivity index (χ1v) is 6.42. The van der Waals surface area contributed by atoms with Crippen LogP contribution < -0.4 is 0 Å². The smallest absolute Gasteiger partial charge is 0.340 e. The second kappa shape index (κ2) is 4.11. The number of methoxy groups -OCH3 is 1. The standard InChI is InChI=1S/C11H10O6S/c1-17-11(14)10(13)9-4-6-2-3-7(12)5-8(6)18(9,15)16/h2-5,10,12-13H,1H3. The summed E-state index contributed by atoms with van der Waals surface area (Å²) >= 11 is 0. The van der Waals surface area contributed by atoms with Crippen LogP contribution in [0, 0.1) is 0 Å². The largest absolute Gasteiger partial charge is 0.508 e. The Morgan fingerprint density at radius 3 is 2.67 bits per heavy atom. The molecule has 18 heavy (non-hydrogen) atoms. The molecule has 0 spiro atoms. The fourth-order valence-electron chi connectivity index (χ4n) is 1.69. The van der Waals surface area contributed by atoms with Gasteiger partial charge in [-0.05, 0) is 29.8 Å². The molecule has 0 saturated heterocycles. The van der Waals surface area contributed by atoms with Crippen molar-refractivity contribution < 1.29 is 28.2 Å². The lowest BCUT2D eigenvalue weighted by atomic mass is 10.2. The average molecular weight is 270 g/mol. The summed E-state index contributed by atoms with van der Waals surface area (Å²) in [4.78, 5) is 10.6. The maximum absolute atomic E-state index is 12.1. The van der Waals surface area contributed by atoms with E-state index in [4.69, 9.17) is 0 Å². The van der Waals surface area contributed by atoms with Crippen LogP contribution in [0.5, 0.6) is 5.75 Å². The van der Waals surface area contributed by atoms with Crippen molar-refractivity contribution in [2.24, 2.45) is 0 Å². The minimum atomic E-state index is -3.97. The molecule has 1 atom stereocenters. The van der Waals surface area contributed by atoms with E-state index >= 15 is 0 Å². The van der Waals surface area contributed by atoms with Crippen LogP contribution in [0.4, 0.5) is 0 Å². The quantitative estimate of drug-likeness (QED) is 0.737. The molecule has 2 rings (SSSR count). The molecule has 0 aromatic heterocycles. The summed E-state index contributed by atoms with van der Waals surface area (Å²) in [6.45, 7) is 0. The number of phenols is 1. The fraction of sp³-hybridized carbons (Fsp3) is 0.182. The minimum Gasteiger partial charge on any atom is -0.508 e. The summed E-state index contributed by atoms with van der Waals surface area (Å²) in [6.07, 6.45) is -0.680. The van der Waals surface area contributed by atoms with Gasteiger partial charge >= 0.3 is 5.97 Å². The zero-order valence-electron chi connectivity index (χ0n) is 9.32. The predicted octanol–water partition coefficient (Wildman–Crippen LogP) is 0.0543. The summed E-state index contributed by atoms with van der Waals surface area (Å²) in [5.41, 5.74) is 0.311. The number of hydrogen-bond donors (Lipinski definition) is 2. The van der Waals surface area contributed by atoms with Crippen molar-refractivity contribution in [1.29, 1.82) is 0 Å². The molecule has 96 valence electrons. The van der Waals surface area contributed by atoms with Crippen LogP contribution in [-0.4, -0.2) is 37.8 Å². The predicted molar refractivity (Wildman–Crippen MR) is 61.3 cm³/mol. The molecule has 7 heteroatoms. The van der Waals surface area contributed by atoms with E-state index in [1.165, 1.54) is 18.2 Å². The van der Waals surface area contributed by atoms with E-state index in [0.29, 0.717) is 5.56 Å². The number of rotatable bonds is 2. The van der Waals surface area contributed by atoms with Gasteiger partial charge in [-0.1, -0.05) is 0 Å². The summed E-state index contributed by atoms with van der Waals surface area (Å²) in [7, 11) is -2.92. The summed E-state index contributed by atoms with van der Waals surface area (Å²) in [6, 6.07) is 3.77. The van der Waals surface area contributed by atoms with Gasteiger partial charge in [0, 0.05) is 0 Å². The first-order chi connectivity index (χ1) is 8.37. The van der Waals surface area contributed by atoms with Crippen LogP contribution in [0.15, 0.2) is 28.0 Å². The molecule has 1 unspecified atom stereocenters. The summed E-state index contributed by atoms with van der Waals surface area (Å²) in [5.74, 6) is -1.26. The number of aromatic hydroxyl groups is 1. The molecular formula is C11H10O6S. The lowest BCUT2D eigenvalue weighted by Gasteiger charge is -2.09. The second-order valence-electron chi connectivity index (χ2n) is 3.70. The topological polar surface area (TPSA) is 101 Å². The van der Waals surface area contributed by atoms with Gasteiger partial charge in [0.25, 0.3) is 0 Å². The molecule has 6 nitrogen and oxygen atoms in total. The van der Waals surface area contributed by atoms with Crippen molar-refractivity contribution in [3.63, 3.8) is 0 Å². The minimum absolute atomic E-state index is 0.138. The third kappa shape index (κ3) is 1.77. The Kier molecular flexibility index (Phi) is 2.88. The van der Waals surface area contributed by atoms with Gasteiger partial charge in [-0.15, -0.1) is 0 Å². The Labute approximate surface area is 103 Å². The number of sulfone groups is 1. The van der Waals surface area contributed by atoms with E-state index in [2.05, 4.69) is 4.74 Å². The van der Waals surface area contributed by atoms with Gasteiger partial charge in [0.05, 0.1) is 16.9 Å². The van der Waals surface area contributed by atoms with Crippen molar-refractivity contribution in [3.8, 4) is 5.75 Å². The number of ether oxygens (including phenoxy) is 1. The first-order valence-electron chi connectivity index (χ1n) is 4.93. The molecule has 1 aliphatic heterocycles. The molecule has 0 saturated carbocycles. The van der Waals surface area contributed by atoms with Gasteiger partial charge in [0.15, 0.2) is 6.10 Å². The molecule has 0 bridgehead atoms. The number of carbonyl (C=O) groups excluding carboxylic acids is 1. The number of aliphatic hydroxyl groups is 1. The van der Waals surface area contributed by atoms with Crippen molar-refractivity contribution in [2.75, 3.05) is 7.11 Å². The molecular weight excluding hydrogens is 260 g/mol. The van der Waals surface area contributed by atoms with Crippen LogP contribution in [0.2, 0.25) is 0 Å². The highest BCUT2D eigenvalue weighted by Crippen LogP contribution is 2.36. The van der Waals surface area contributed by atoms with Crippen molar-refractivity contribution >= 4 is 21.9 Å². The Hall–Kier alpha value is -1.86. The maximum Gasteiger partial charge on any atom is 0.340 e. The Morgan fingerprint density at radius 1 is 1.39 bits per heavy atom. The van der Waals surface area contributed by atoms with Gasteiger partial charge < -0.3 is 14.9 Å². The number of carbonyl (C=O) groups is 1. The number of benzene rings is 1. The molecule has 1 aromatic carbocycles. The SMILES string of the molecule is COC(=O)C(O)C1=Cc2ccc(O)cc2S1(=O)=O. The highest BCUT2D eigenvalue weighted by Gasteiger charge is 2.37. The van der Waals surface area contributed by atoms with E-state index in [1.807, 2.05) is 0 Å². The first kappa shape index (κ1) is 12.6. The molecule has 2 N–H and O–H groups in total. The van der Waals surface area contributed by atoms with E-state index < -0.39 is 26.8 Å². The molecule has 1 heterocycles. The van der Waals surface area contributed by atoms with E-state index in [1.54, 1.807) is 0 Å². The van der Waals surface area contributed by atoms with Crippen molar-refractivity contribution in [3.05, 3.63) is 28.7 Å². The molecule has 1 aliphatic rings. The lowest BCUT2D eigenvalue weighted by molar-refractivity contribution is -0.147. The highest BCUT2D eigenvalue weighted by atomic mass is 32.2. The Bertz CT molecular complexity index is 643. The van der Waals surface area contributed by atoms with Gasteiger partial charge in [-0.3, -0.25) is 0 Å². The lowest BCUT2D eigenvalue weighted by Crippen LogP contribution is -2.26. The fourth-order valence-corrected chi connectivity index (χ4v) is 3.33. The Morgan fingerprint density at radius 2 is 2.06 bits per heavy atom. The zero-order valence-corrected chi connectivity index (χ0v) is 10.1. The monoisotopic (exact) mass is 270 g/mol. The summed E-state index contributed by atoms with van der Waals surface area (Å²) < 4.78 is 28.4. The van der Waals surface area contributed by atoms with Crippen LogP contribution in [0.25, 0.3) is 6.08 Å². The third-order valence-electron chi connectivity index (χ3n) is 2.59. The second-order valence-corrected chi connectivity index (χ2v) is 5.62. The van der Waals surface area contributed by atoms with Crippen molar-refractivity contribution in [2.45, 2.75) is 11.0 Å². The number of fused-ring (bicyclic) bond motifs is 1. The van der Waals surface area contributed by atoms with Crippen LogP contribution in [0.3, 0.4) is 0 Å². The zero-order chi connectivity index (χ0) is 13.5. The average Bonchev–Trinajstić information content (AvgIpc) is 2.59. The molecule has 0 amide bonds. The van der Waals surface area contributed by atoms with Gasteiger partial charge in [0.1, 0.15) is 5.75 Å². The van der Waals surface area contributed by atoms with E-state index in [9.17, 15) is 23.4 Å². The normalized spacial score (nSPS) is 17.8. The maximum atomic E-state index is 12.1. The third-order valence-corrected chi connectivity index (χ3v) is 4.48.